The molecule has 3 rings (SSSR count). The molecular weight excluding hydrogens is 308 g/mol. The molecular formula is C18H18N2O2S. The summed E-state index contributed by atoms with van der Waals surface area (Å²) in [6.07, 6.45) is 0. The van der Waals surface area contributed by atoms with Gasteiger partial charge in [0.1, 0.15) is 0 Å². The molecule has 5 heteroatoms. The molecule has 23 heavy (non-hydrogen) atoms. The number of rotatable bonds is 4. The summed E-state index contributed by atoms with van der Waals surface area (Å²) in [6, 6.07) is 19.7. The van der Waals surface area contributed by atoms with E-state index in [0.717, 1.165) is 16.3 Å². The van der Waals surface area contributed by atoms with E-state index < -0.39 is 10.0 Å². The molecule has 0 heterocycles. The summed E-state index contributed by atoms with van der Waals surface area (Å²) < 4.78 is 27.8. The SMILES string of the molecule is C[C@@H](NS(=O)(=O)c1ccc(N)cc1)c1cccc2ccccc12. The van der Waals surface area contributed by atoms with E-state index in [1.165, 1.54) is 12.1 Å². The van der Waals surface area contributed by atoms with Crippen LogP contribution < -0.4 is 10.5 Å². The number of nitrogens with one attached hydrogen (secondary N) is 1. The van der Waals surface area contributed by atoms with Crippen LogP contribution in [0.15, 0.2) is 71.6 Å². The summed E-state index contributed by atoms with van der Waals surface area (Å²) >= 11 is 0. The highest BCUT2D eigenvalue weighted by Crippen LogP contribution is 2.25. The molecule has 0 fully saturated rings. The fraction of sp³-hybridized carbons (Fsp3) is 0.111. The van der Waals surface area contributed by atoms with Crippen LogP contribution in [0.5, 0.6) is 0 Å². The number of sulfonamides is 1. The molecule has 3 N–H and O–H groups in total. The minimum absolute atomic E-state index is 0.207. The number of nitrogen functional groups attached to an aromatic ring is 1. The van der Waals surface area contributed by atoms with E-state index in [1.807, 2.05) is 49.4 Å². The quantitative estimate of drug-likeness (QED) is 0.721. The van der Waals surface area contributed by atoms with Crippen LogP contribution in [0.1, 0.15) is 18.5 Å². The summed E-state index contributed by atoms with van der Waals surface area (Å²) in [6.45, 7) is 1.84. The summed E-state index contributed by atoms with van der Waals surface area (Å²) in [5, 5.41) is 2.13. The summed E-state index contributed by atoms with van der Waals surface area (Å²) in [7, 11) is -3.60. The summed E-state index contributed by atoms with van der Waals surface area (Å²) in [5.74, 6) is 0. The Kier molecular flexibility index (Phi) is 4.07. The largest absolute Gasteiger partial charge is 0.399 e. The van der Waals surface area contributed by atoms with Gasteiger partial charge in [0.05, 0.1) is 4.90 Å². The molecule has 0 spiro atoms. The van der Waals surface area contributed by atoms with Crippen molar-refractivity contribution >= 4 is 26.5 Å². The first-order valence-electron chi connectivity index (χ1n) is 7.33. The molecule has 0 aliphatic rings. The van der Waals surface area contributed by atoms with Crippen LogP contribution in [0.25, 0.3) is 10.8 Å². The van der Waals surface area contributed by atoms with Crippen LogP contribution in [0, 0.1) is 0 Å². The van der Waals surface area contributed by atoms with Crippen molar-refractivity contribution < 1.29 is 8.42 Å². The molecule has 0 amide bonds. The Morgan fingerprint density at radius 3 is 2.30 bits per heavy atom. The van der Waals surface area contributed by atoms with E-state index in [1.54, 1.807) is 12.1 Å². The molecule has 3 aromatic carbocycles. The Morgan fingerprint density at radius 1 is 0.913 bits per heavy atom. The van der Waals surface area contributed by atoms with Gasteiger partial charge in [0, 0.05) is 11.7 Å². The van der Waals surface area contributed by atoms with Gasteiger partial charge in [0.25, 0.3) is 0 Å². The molecule has 4 nitrogen and oxygen atoms in total. The number of hydrogen-bond acceptors (Lipinski definition) is 3. The van der Waals surface area contributed by atoms with Crippen LogP contribution >= 0.6 is 0 Å². The maximum absolute atomic E-state index is 12.5. The third-order valence-corrected chi connectivity index (χ3v) is 5.37. The summed E-state index contributed by atoms with van der Waals surface area (Å²) in [5.41, 5.74) is 7.09. The van der Waals surface area contributed by atoms with Gasteiger partial charge >= 0.3 is 0 Å². The normalized spacial score (nSPS) is 13.1. The number of fused-ring (bicyclic) bond motifs is 1. The van der Waals surface area contributed by atoms with Gasteiger partial charge in [-0.15, -0.1) is 0 Å². The fourth-order valence-electron chi connectivity index (χ4n) is 2.64. The predicted molar refractivity (Wildman–Crippen MR) is 93.5 cm³/mol. The zero-order chi connectivity index (χ0) is 16.4. The molecule has 0 saturated carbocycles. The maximum atomic E-state index is 12.5. The molecule has 0 aromatic heterocycles. The molecule has 0 bridgehead atoms. The van der Waals surface area contributed by atoms with E-state index in [0.29, 0.717) is 5.69 Å². The van der Waals surface area contributed by atoms with E-state index in [2.05, 4.69) is 4.72 Å². The average molecular weight is 326 g/mol. The van der Waals surface area contributed by atoms with E-state index >= 15 is 0 Å². The lowest BCUT2D eigenvalue weighted by molar-refractivity contribution is 0.567. The van der Waals surface area contributed by atoms with Gasteiger partial charge in [-0.3, -0.25) is 0 Å². The number of hydrogen-bond donors (Lipinski definition) is 2. The fourth-order valence-corrected chi connectivity index (χ4v) is 3.86. The van der Waals surface area contributed by atoms with Gasteiger partial charge in [-0.05, 0) is 47.5 Å². The highest BCUT2D eigenvalue weighted by atomic mass is 32.2. The first-order valence-corrected chi connectivity index (χ1v) is 8.81. The van der Waals surface area contributed by atoms with Crippen molar-refractivity contribution in [1.82, 2.24) is 4.72 Å². The Morgan fingerprint density at radius 2 is 1.57 bits per heavy atom. The zero-order valence-electron chi connectivity index (χ0n) is 12.7. The lowest BCUT2D eigenvalue weighted by atomic mass is 10.0. The molecule has 0 unspecified atom stereocenters. The topological polar surface area (TPSA) is 72.2 Å². The second-order valence-corrected chi connectivity index (χ2v) is 7.19. The highest BCUT2D eigenvalue weighted by Gasteiger charge is 2.19. The van der Waals surface area contributed by atoms with Crippen LogP contribution in [-0.2, 0) is 10.0 Å². The third kappa shape index (κ3) is 3.21. The Labute approximate surface area is 136 Å². The van der Waals surface area contributed by atoms with Gasteiger partial charge in [0.2, 0.25) is 10.0 Å². The highest BCUT2D eigenvalue weighted by molar-refractivity contribution is 7.89. The first-order chi connectivity index (χ1) is 11.0. The number of anilines is 1. The van der Waals surface area contributed by atoms with Crippen molar-refractivity contribution in [3.8, 4) is 0 Å². The second-order valence-electron chi connectivity index (χ2n) is 5.48. The Hall–Kier alpha value is -2.37. The molecule has 0 radical (unpaired) electrons. The average Bonchev–Trinajstić information content (AvgIpc) is 2.54. The van der Waals surface area contributed by atoms with Gasteiger partial charge in [0.15, 0.2) is 0 Å². The monoisotopic (exact) mass is 326 g/mol. The van der Waals surface area contributed by atoms with Crippen LogP contribution in [0.4, 0.5) is 5.69 Å². The van der Waals surface area contributed by atoms with Crippen LogP contribution in [-0.4, -0.2) is 8.42 Å². The van der Waals surface area contributed by atoms with Crippen molar-refractivity contribution in [2.24, 2.45) is 0 Å². The van der Waals surface area contributed by atoms with E-state index in [9.17, 15) is 8.42 Å². The number of nitrogens with two attached hydrogens (primary N) is 1. The van der Waals surface area contributed by atoms with Crippen molar-refractivity contribution in [2.75, 3.05) is 5.73 Å². The Balaban J connectivity index is 1.94. The van der Waals surface area contributed by atoms with Gasteiger partial charge < -0.3 is 5.73 Å². The van der Waals surface area contributed by atoms with Crippen LogP contribution in [0.2, 0.25) is 0 Å². The van der Waals surface area contributed by atoms with Gasteiger partial charge in [-0.25, -0.2) is 13.1 Å². The minimum Gasteiger partial charge on any atom is -0.399 e. The van der Waals surface area contributed by atoms with Crippen molar-refractivity contribution in [3.63, 3.8) is 0 Å². The maximum Gasteiger partial charge on any atom is 0.241 e. The molecule has 3 aromatic rings. The van der Waals surface area contributed by atoms with Gasteiger partial charge in [-0.1, -0.05) is 42.5 Å². The lowest BCUT2D eigenvalue weighted by Gasteiger charge is -2.17. The molecule has 0 aliphatic heterocycles. The predicted octanol–water partition coefficient (Wildman–Crippen LogP) is 3.46. The van der Waals surface area contributed by atoms with E-state index in [4.69, 9.17) is 5.73 Å². The zero-order valence-corrected chi connectivity index (χ0v) is 13.5. The third-order valence-electron chi connectivity index (χ3n) is 3.81. The second kappa shape index (κ2) is 6.02. The van der Waals surface area contributed by atoms with Crippen LogP contribution in [0.3, 0.4) is 0 Å². The lowest BCUT2D eigenvalue weighted by Crippen LogP contribution is -2.27. The Bertz CT molecular complexity index is 929. The first kappa shape index (κ1) is 15.5. The van der Waals surface area contributed by atoms with Crippen molar-refractivity contribution in [3.05, 3.63) is 72.3 Å². The minimum atomic E-state index is -3.60. The summed E-state index contributed by atoms with van der Waals surface area (Å²) in [4.78, 5) is 0.207. The standard InChI is InChI=1S/C18H18N2O2S/c1-13(17-8-4-6-14-5-2-3-7-18(14)17)20-23(21,22)16-11-9-15(19)10-12-16/h2-13,20H,19H2,1H3/t13-/m1/s1. The molecule has 1 atom stereocenters. The van der Waals surface area contributed by atoms with E-state index in [-0.39, 0.29) is 10.9 Å². The number of benzene rings is 3. The molecule has 0 aliphatic carbocycles. The van der Waals surface area contributed by atoms with Gasteiger partial charge in [-0.2, -0.15) is 0 Å². The van der Waals surface area contributed by atoms with Crippen molar-refractivity contribution in [1.29, 1.82) is 0 Å². The smallest absolute Gasteiger partial charge is 0.241 e. The van der Waals surface area contributed by atoms with Crippen molar-refractivity contribution in [2.45, 2.75) is 17.9 Å². The molecule has 0 saturated heterocycles. The molecule has 118 valence electrons.